The van der Waals surface area contributed by atoms with Crippen molar-refractivity contribution in [3.05, 3.63) is 70.9 Å². The molecule has 2 aromatic rings. The summed E-state index contributed by atoms with van der Waals surface area (Å²) in [6.07, 6.45) is 0. The van der Waals surface area contributed by atoms with Crippen molar-refractivity contribution >= 4 is 17.6 Å². The van der Waals surface area contributed by atoms with Crippen LogP contribution in [-0.4, -0.2) is 35.4 Å². The Morgan fingerprint density at radius 1 is 1.25 bits per heavy atom. The molecular weight excluding hydrogens is 369 g/mol. The zero-order chi connectivity index (χ0) is 20.3. The number of aliphatic carboxylic acids is 1. The number of nitrogens with one attached hydrogen (secondary N) is 1. The molecule has 2 aromatic carbocycles. The van der Waals surface area contributed by atoms with Crippen LogP contribution in [0, 0.1) is 12.7 Å². The summed E-state index contributed by atoms with van der Waals surface area (Å²) >= 11 is 0. The molecule has 28 heavy (non-hydrogen) atoms. The van der Waals surface area contributed by atoms with Gasteiger partial charge in [0, 0.05) is 5.69 Å². The zero-order valence-corrected chi connectivity index (χ0v) is 14.9. The first-order chi connectivity index (χ1) is 13.4. The molecule has 1 heterocycles. The number of carbonyl (C=O) groups is 2. The van der Waals surface area contributed by atoms with Crippen LogP contribution in [0.5, 0.6) is 5.75 Å². The second kappa shape index (κ2) is 8.10. The maximum Gasteiger partial charge on any atom is 0.338 e. The molecule has 1 atom stereocenters. The van der Waals surface area contributed by atoms with E-state index >= 15 is 0 Å². The highest BCUT2D eigenvalue weighted by Gasteiger charge is 2.41. The number of aliphatic hydroxyl groups excluding tert-OH is 1. The van der Waals surface area contributed by atoms with Gasteiger partial charge in [-0.1, -0.05) is 12.1 Å². The first-order valence-electron chi connectivity index (χ1n) is 8.46. The Morgan fingerprint density at radius 3 is 2.57 bits per heavy atom. The molecule has 1 aliphatic rings. The number of hydrogen-bond acceptors (Lipinski definition) is 6. The summed E-state index contributed by atoms with van der Waals surface area (Å²) in [5.41, 5.74) is 1.31. The van der Waals surface area contributed by atoms with E-state index in [2.05, 4.69) is 5.32 Å². The maximum atomic E-state index is 13.2. The standard InChI is InChI=1S/C20H18FNO6/c1-11-10-14(27-9-8-23)6-7-15(11)22-18-17(19(24)25)16(20(26)28-18)12-2-4-13(21)5-3-12/h2-7,10,16,22-23H,8-9H2,1H3,(H,24,25). The normalized spacial score (nSPS) is 16.1. The first-order valence-corrected chi connectivity index (χ1v) is 8.46. The minimum Gasteiger partial charge on any atom is -0.491 e. The second-order valence-electron chi connectivity index (χ2n) is 6.13. The Morgan fingerprint density at radius 2 is 1.96 bits per heavy atom. The lowest BCUT2D eigenvalue weighted by molar-refractivity contribution is -0.139. The van der Waals surface area contributed by atoms with E-state index in [1.54, 1.807) is 25.1 Å². The summed E-state index contributed by atoms with van der Waals surface area (Å²) in [5.74, 6) is -3.37. The van der Waals surface area contributed by atoms with Gasteiger partial charge in [0.1, 0.15) is 29.7 Å². The van der Waals surface area contributed by atoms with Crippen LogP contribution in [0.2, 0.25) is 0 Å². The Bertz CT molecular complexity index is 938. The lowest BCUT2D eigenvalue weighted by Gasteiger charge is -2.12. The lowest BCUT2D eigenvalue weighted by atomic mass is 9.92. The molecular formula is C20H18FNO6. The zero-order valence-electron chi connectivity index (χ0n) is 14.9. The third kappa shape index (κ3) is 3.96. The number of anilines is 1. The highest BCUT2D eigenvalue weighted by atomic mass is 19.1. The second-order valence-corrected chi connectivity index (χ2v) is 6.13. The predicted octanol–water partition coefficient (Wildman–Crippen LogP) is 2.55. The van der Waals surface area contributed by atoms with Gasteiger partial charge in [-0.15, -0.1) is 0 Å². The summed E-state index contributed by atoms with van der Waals surface area (Å²) in [7, 11) is 0. The van der Waals surface area contributed by atoms with Crippen molar-refractivity contribution in [2.75, 3.05) is 18.5 Å². The minimum atomic E-state index is -1.32. The van der Waals surface area contributed by atoms with Crippen molar-refractivity contribution in [1.29, 1.82) is 0 Å². The smallest absolute Gasteiger partial charge is 0.338 e. The fraction of sp³-hybridized carbons (Fsp3) is 0.200. The average Bonchev–Trinajstić information content (AvgIpc) is 2.99. The van der Waals surface area contributed by atoms with Crippen LogP contribution in [0.1, 0.15) is 17.0 Å². The highest BCUT2D eigenvalue weighted by Crippen LogP contribution is 2.36. The van der Waals surface area contributed by atoms with Crippen LogP contribution in [0.4, 0.5) is 10.1 Å². The number of ether oxygens (including phenoxy) is 2. The van der Waals surface area contributed by atoms with Crippen LogP contribution in [-0.2, 0) is 14.3 Å². The number of hydrogen-bond donors (Lipinski definition) is 3. The molecule has 3 rings (SSSR count). The van der Waals surface area contributed by atoms with E-state index in [4.69, 9.17) is 14.6 Å². The summed E-state index contributed by atoms with van der Waals surface area (Å²) in [5, 5.41) is 21.3. The van der Waals surface area contributed by atoms with Crippen LogP contribution in [0.25, 0.3) is 0 Å². The molecule has 1 unspecified atom stereocenters. The van der Waals surface area contributed by atoms with Crippen LogP contribution in [0.3, 0.4) is 0 Å². The number of cyclic esters (lactones) is 1. The van der Waals surface area contributed by atoms with Crippen molar-refractivity contribution in [1.82, 2.24) is 0 Å². The largest absolute Gasteiger partial charge is 0.491 e. The highest BCUT2D eigenvalue weighted by molar-refractivity contribution is 6.02. The number of carbonyl (C=O) groups excluding carboxylic acids is 1. The molecule has 7 nitrogen and oxygen atoms in total. The van der Waals surface area contributed by atoms with Crippen molar-refractivity contribution in [2.45, 2.75) is 12.8 Å². The van der Waals surface area contributed by atoms with Gasteiger partial charge in [-0.2, -0.15) is 0 Å². The van der Waals surface area contributed by atoms with Gasteiger partial charge in [-0.05, 0) is 48.4 Å². The number of rotatable bonds is 7. The van der Waals surface area contributed by atoms with Crippen molar-refractivity contribution in [2.24, 2.45) is 0 Å². The number of benzene rings is 2. The van der Waals surface area contributed by atoms with E-state index in [0.717, 1.165) is 12.1 Å². The Labute approximate surface area is 160 Å². The van der Waals surface area contributed by atoms with E-state index in [9.17, 15) is 19.1 Å². The third-order valence-corrected chi connectivity index (χ3v) is 4.21. The van der Waals surface area contributed by atoms with Gasteiger partial charge >= 0.3 is 11.9 Å². The van der Waals surface area contributed by atoms with Crippen LogP contribution < -0.4 is 10.1 Å². The molecule has 0 saturated carbocycles. The number of aliphatic hydroxyl groups is 1. The van der Waals surface area contributed by atoms with Crippen molar-refractivity contribution in [3.8, 4) is 5.75 Å². The van der Waals surface area contributed by atoms with E-state index < -0.39 is 23.7 Å². The number of carboxylic acid groups (broad SMARTS) is 1. The van der Waals surface area contributed by atoms with Gasteiger partial charge < -0.3 is 25.0 Å². The SMILES string of the molecule is Cc1cc(OCCO)ccc1NC1=C(C(=O)O)C(c2ccc(F)cc2)C(=O)O1. The fourth-order valence-corrected chi connectivity index (χ4v) is 2.89. The molecule has 0 aromatic heterocycles. The fourth-order valence-electron chi connectivity index (χ4n) is 2.89. The van der Waals surface area contributed by atoms with Gasteiger partial charge in [-0.25, -0.2) is 9.18 Å². The van der Waals surface area contributed by atoms with E-state index in [1.165, 1.54) is 12.1 Å². The molecule has 3 N–H and O–H groups in total. The lowest BCUT2D eigenvalue weighted by Crippen LogP contribution is -2.15. The Balaban J connectivity index is 1.92. The number of halogens is 1. The molecule has 0 saturated heterocycles. The third-order valence-electron chi connectivity index (χ3n) is 4.21. The van der Waals surface area contributed by atoms with Gasteiger partial charge in [0.25, 0.3) is 0 Å². The Hall–Kier alpha value is -3.39. The summed E-state index contributed by atoms with van der Waals surface area (Å²) in [4.78, 5) is 24.1. The van der Waals surface area contributed by atoms with Gasteiger partial charge in [-0.3, -0.25) is 4.79 Å². The van der Waals surface area contributed by atoms with Gasteiger partial charge in [0.2, 0.25) is 5.88 Å². The maximum absolute atomic E-state index is 13.2. The van der Waals surface area contributed by atoms with Gasteiger partial charge in [0.05, 0.1) is 6.61 Å². The number of carboxylic acids is 1. The summed E-state index contributed by atoms with van der Waals surface area (Å²) in [6.45, 7) is 1.80. The van der Waals surface area contributed by atoms with Crippen LogP contribution in [0.15, 0.2) is 53.9 Å². The molecule has 8 heteroatoms. The van der Waals surface area contributed by atoms with Crippen molar-refractivity contribution < 1.29 is 33.7 Å². The summed E-state index contributed by atoms with van der Waals surface area (Å²) < 4.78 is 23.7. The van der Waals surface area contributed by atoms with Crippen molar-refractivity contribution in [3.63, 3.8) is 0 Å². The van der Waals surface area contributed by atoms with E-state index in [0.29, 0.717) is 22.6 Å². The number of esters is 1. The predicted molar refractivity (Wildman–Crippen MR) is 97.3 cm³/mol. The average molecular weight is 387 g/mol. The monoisotopic (exact) mass is 387 g/mol. The summed E-state index contributed by atoms with van der Waals surface area (Å²) in [6, 6.07) is 10.0. The van der Waals surface area contributed by atoms with Gasteiger partial charge in [0.15, 0.2) is 0 Å². The minimum absolute atomic E-state index is 0.116. The molecule has 146 valence electrons. The molecule has 1 aliphatic heterocycles. The quantitative estimate of drug-likeness (QED) is 0.627. The molecule has 0 radical (unpaired) electrons. The topological polar surface area (TPSA) is 105 Å². The molecule has 0 fully saturated rings. The molecule has 0 bridgehead atoms. The first kappa shape index (κ1) is 19.4. The molecule has 0 aliphatic carbocycles. The van der Waals surface area contributed by atoms with E-state index in [-0.39, 0.29) is 24.7 Å². The molecule has 0 amide bonds. The Kier molecular flexibility index (Phi) is 5.60. The molecule has 0 spiro atoms. The van der Waals surface area contributed by atoms with E-state index in [1.807, 2.05) is 0 Å². The number of aryl methyl sites for hydroxylation is 1. The van der Waals surface area contributed by atoms with Crippen LogP contribution >= 0.6 is 0 Å².